The van der Waals surface area contributed by atoms with Crippen molar-refractivity contribution < 1.29 is 19.1 Å². The second-order valence-electron chi connectivity index (χ2n) is 6.49. The maximum Gasteiger partial charge on any atom is 0.257 e. The van der Waals surface area contributed by atoms with Gasteiger partial charge in [-0.05, 0) is 42.0 Å². The summed E-state index contributed by atoms with van der Waals surface area (Å²) in [5, 5.41) is 6.38. The maximum absolute atomic E-state index is 12.8. The number of fused-ring (bicyclic) bond motifs is 1. The van der Waals surface area contributed by atoms with Crippen LogP contribution in [0.5, 0.6) is 11.5 Å². The van der Waals surface area contributed by atoms with Gasteiger partial charge < -0.3 is 20.1 Å². The summed E-state index contributed by atoms with van der Waals surface area (Å²) in [6.07, 6.45) is -0.0172. The van der Waals surface area contributed by atoms with E-state index in [-0.39, 0.29) is 25.0 Å². The lowest BCUT2D eigenvalue weighted by Gasteiger charge is -2.12. The summed E-state index contributed by atoms with van der Waals surface area (Å²) in [5.41, 5.74) is 1.77. The quantitative estimate of drug-likeness (QED) is 0.572. The van der Waals surface area contributed by atoms with Crippen molar-refractivity contribution in [2.24, 2.45) is 0 Å². The normalized spacial score (nSPS) is 11.8. The molecule has 2 amide bonds. The van der Waals surface area contributed by atoms with E-state index in [9.17, 15) is 9.59 Å². The summed E-state index contributed by atoms with van der Waals surface area (Å²) in [4.78, 5) is 25.4. The Kier molecular flexibility index (Phi) is 5.79. The van der Waals surface area contributed by atoms with Gasteiger partial charge in [-0.3, -0.25) is 9.59 Å². The molecule has 0 bridgehead atoms. The second-order valence-corrected chi connectivity index (χ2v) is 7.31. The molecule has 152 valence electrons. The Hall–Kier alpha value is -3.22. The minimum absolute atomic E-state index is 0.0172. The number of hydrogen-bond acceptors (Lipinski definition) is 4. The molecule has 0 unspecified atom stereocenters. The summed E-state index contributed by atoms with van der Waals surface area (Å²) in [6.45, 7) is 0.150. The van der Waals surface area contributed by atoms with Gasteiger partial charge in [0.2, 0.25) is 12.7 Å². The van der Waals surface area contributed by atoms with Gasteiger partial charge in [-0.25, -0.2) is 0 Å². The van der Waals surface area contributed by atoms with Crippen molar-refractivity contribution in [3.63, 3.8) is 0 Å². The van der Waals surface area contributed by atoms with Crippen LogP contribution in [0.3, 0.4) is 0 Å². The highest BCUT2D eigenvalue weighted by molar-refractivity contribution is 6.36. The first kappa shape index (κ1) is 20.1. The molecule has 3 aromatic carbocycles. The van der Waals surface area contributed by atoms with Crippen LogP contribution in [-0.2, 0) is 11.2 Å². The summed E-state index contributed by atoms with van der Waals surface area (Å²) in [7, 11) is 0. The summed E-state index contributed by atoms with van der Waals surface area (Å²) in [6, 6.07) is 16.9. The average Bonchev–Trinajstić information content (AvgIpc) is 3.19. The Labute approximate surface area is 182 Å². The molecule has 0 saturated heterocycles. The van der Waals surface area contributed by atoms with Gasteiger partial charge in [0.05, 0.1) is 17.7 Å². The Balaban J connectivity index is 1.49. The molecule has 6 nitrogen and oxygen atoms in total. The zero-order valence-electron chi connectivity index (χ0n) is 15.6. The number of para-hydroxylation sites is 1. The highest BCUT2D eigenvalue weighted by atomic mass is 35.5. The Morgan fingerprint density at radius 2 is 1.60 bits per heavy atom. The van der Waals surface area contributed by atoms with Crippen LogP contribution in [0.4, 0.5) is 11.4 Å². The first-order valence-electron chi connectivity index (χ1n) is 9.04. The van der Waals surface area contributed by atoms with E-state index in [1.165, 1.54) is 0 Å². The molecule has 0 fully saturated rings. The molecular weight excluding hydrogens is 427 g/mol. The molecule has 1 aliphatic heterocycles. The third kappa shape index (κ3) is 4.35. The molecule has 0 atom stereocenters. The van der Waals surface area contributed by atoms with E-state index in [0.29, 0.717) is 44.0 Å². The summed E-state index contributed by atoms with van der Waals surface area (Å²) < 4.78 is 10.6. The third-order valence-corrected chi connectivity index (χ3v) is 5.18. The Morgan fingerprint density at radius 1 is 0.867 bits per heavy atom. The lowest BCUT2D eigenvalue weighted by atomic mass is 10.1. The van der Waals surface area contributed by atoms with Crippen LogP contribution in [0.25, 0.3) is 0 Å². The number of benzene rings is 3. The van der Waals surface area contributed by atoms with Crippen LogP contribution in [0.15, 0.2) is 60.7 Å². The van der Waals surface area contributed by atoms with Crippen molar-refractivity contribution in [2.45, 2.75) is 6.42 Å². The van der Waals surface area contributed by atoms with Gasteiger partial charge in [-0.15, -0.1) is 0 Å². The molecule has 0 aromatic heterocycles. The van der Waals surface area contributed by atoms with Crippen LogP contribution < -0.4 is 20.1 Å². The largest absolute Gasteiger partial charge is 0.454 e. The number of anilines is 2. The van der Waals surface area contributed by atoms with Gasteiger partial charge in [0.1, 0.15) is 0 Å². The molecule has 8 heteroatoms. The first-order valence-corrected chi connectivity index (χ1v) is 9.79. The summed E-state index contributed by atoms with van der Waals surface area (Å²) in [5.74, 6) is 0.471. The minimum Gasteiger partial charge on any atom is -0.454 e. The lowest BCUT2D eigenvalue weighted by molar-refractivity contribution is -0.115. The van der Waals surface area contributed by atoms with Gasteiger partial charge >= 0.3 is 0 Å². The molecule has 0 radical (unpaired) electrons. The van der Waals surface area contributed by atoms with Gasteiger partial charge in [0, 0.05) is 21.8 Å². The fraction of sp³-hybridized carbons (Fsp3) is 0.0909. The number of halogens is 2. The Bertz CT molecular complexity index is 1110. The number of carbonyl (C=O) groups is 2. The van der Waals surface area contributed by atoms with Crippen molar-refractivity contribution in [1.29, 1.82) is 0 Å². The maximum atomic E-state index is 12.8. The molecule has 30 heavy (non-hydrogen) atoms. The van der Waals surface area contributed by atoms with Crippen LogP contribution in [0.1, 0.15) is 15.9 Å². The summed E-state index contributed by atoms with van der Waals surface area (Å²) >= 11 is 12.3. The fourth-order valence-corrected chi connectivity index (χ4v) is 3.55. The first-order chi connectivity index (χ1) is 14.5. The number of amides is 2. The van der Waals surface area contributed by atoms with Crippen LogP contribution in [0.2, 0.25) is 10.0 Å². The monoisotopic (exact) mass is 442 g/mol. The van der Waals surface area contributed by atoms with Gasteiger partial charge in [-0.2, -0.15) is 0 Å². The number of carbonyl (C=O) groups excluding carboxylic acids is 2. The number of rotatable bonds is 5. The molecule has 0 saturated carbocycles. The zero-order chi connectivity index (χ0) is 21.1. The predicted octanol–water partition coefficient (Wildman–Crippen LogP) is 5.16. The van der Waals surface area contributed by atoms with E-state index in [2.05, 4.69) is 10.6 Å². The van der Waals surface area contributed by atoms with Crippen molar-refractivity contribution in [3.8, 4) is 11.5 Å². The van der Waals surface area contributed by atoms with Crippen molar-refractivity contribution in [3.05, 3.63) is 81.8 Å². The molecule has 1 aliphatic rings. The predicted molar refractivity (Wildman–Crippen MR) is 116 cm³/mol. The van der Waals surface area contributed by atoms with Gasteiger partial charge in [0.25, 0.3) is 5.91 Å². The highest BCUT2D eigenvalue weighted by Gasteiger charge is 2.18. The molecule has 0 aliphatic carbocycles. The average molecular weight is 443 g/mol. The van der Waals surface area contributed by atoms with Gasteiger partial charge in [0.15, 0.2) is 11.5 Å². The SMILES string of the molecule is O=C(Cc1c(Cl)cccc1Cl)Nc1ccccc1C(=O)Nc1ccc2c(c1)OCO2. The number of nitrogens with one attached hydrogen (secondary N) is 2. The van der Waals surface area contributed by atoms with E-state index < -0.39 is 0 Å². The van der Waals surface area contributed by atoms with Gasteiger partial charge in [-0.1, -0.05) is 41.4 Å². The number of ether oxygens (including phenoxy) is 2. The van der Waals surface area contributed by atoms with Crippen molar-refractivity contribution in [1.82, 2.24) is 0 Å². The highest BCUT2D eigenvalue weighted by Crippen LogP contribution is 2.34. The van der Waals surface area contributed by atoms with E-state index in [1.807, 2.05) is 0 Å². The smallest absolute Gasteiger partial charge is 0.257 e. The van der Waals surface area contributed by atoms with Crippen LogP contribution >= 0.6 is 23.2 Å². The molecule has 0 spiro atoms. The molecule has 1 heterocycles. The molecule has 2 N–H and O–H groups in total. The van der Waals surface area contributed by atoms with Crippen LogP contribution in [-0.4, -0.2) is 18.6 Å². The second kappa shape index (κ2) is 8.65. The standard InChI is InChI=1S/C22H16Cl2N2O4/c23-16-5-3-6-17(24)15(16)11-21(27)26-18-7-2-1-4-14(18)22(28)25-13-8-9-19-20(10-13)30-12-29-19/h1-10H,11-12H2,(H,25,28)(H,26,27). The zero-order valence-corrected chi connectivity index (χ0v) is 17.1. The van der Waals surface area contributed by atoms with Crippen molar-refractivity contribution in [2.75, 3.05) is 17.4 Å². The van der Waals surface area contributed by atoms with E-state index in [0.717, 1.165) is 0 Å². The fourth-order valence-electron chi connectivity index (χ4n) is 3.02. The van der Waals surface area contributed by atoms with E-state index in [4.69, 9.17) is 32.7 Å². The van der Waals surface area contributed by atoms with E-state index >= 15 is 0 Å². The molecule has 4 rings (SSSR count). The van der Waals surface area contributed by atoms with Crippen molar-refractivity contribution >= 4 is 46.4 Å². The topological polar surface area (TPSA) is 76.7 Å². The Morgan fingerprint density at radius 3 is 2.40 bits per heavy atom. The molecule has 3 aromatic rings. The molecular formula is C22H16Cl2N2O4. The lowest BCUT2D eigenvalue weighted by Crippen LogP contribution is -2.19. The number of hydrogen-bond donors (Lipinski definition) is 2. The van der Waals surface area contributed by atoms with Crippen LogP contribution in [0, 0.1) is 0 Å². The minimum atomic E-state index is -0.374. The van der Waals surface area contributed by atoms with E-state index in [1.54, 1.807) is 60.7 Å². The third-order valence-electron chi connectivity index (χ3n) is 4.48.